The van der Waals surface area contributed by atoms with Crippen LogP contribution in [0.2, 0.25) is 0 Å². The summed E-state index contributed by atoms with van der Waals surface area (Å²) in [6.45, 7) is 7.52. The van der Waals surface area contributed by atoms with Crippen LogP contribution in [0.5, 0.6) is 0 Å². The van der Waals surface area contributed by atoms with Crippen LogP contribution in [0.25, 0.3) is 0 Å². The number of halogens is 1. The number of amides is 1. The van der Waals surface area contributed by atoms with Crippen molar-refractivity contribution in [3.8, 4) is 0 Å². The highest BCUT2D eigenvalue weighted by atomic mass is 19.1. The normalized spacial score (nSPS) is 15.0. The molecule has 1 heterocycles. The molecule has 2 aromatic rings. The van der Waals surface area contributed by atoms with E-state index in [2.05, 4.69) is 0 Å². The molecular formula is C22H25FN2O2. The van der Waals surface area contributed by atoms with Crippen molar-refractivity contribution in [3.05, 3.63) is 65.5 Å². The fourth-order valence-electron chi connectivity index (χ4n) is 3.51. The molecule has 0 spiro atoms. The lowest BCUT2D eigenvalue weighted by Crippen LogP contribution is -2.53. The minimum absolute atomic E-state index is 0.0840. The smallest absolute Gasteiger partial charge is 0.232 e. The first-order chi connectivity index (χ1) is 12.8. The highest BCUT2D eigenvalue weighted by Gasteiger charge is 2.35. The van der Waals surface area contributed by atoms with Crippen LogP contribution < -0.4 is 4.90 Å². The van der Waals surface area contributed by atoms with Gasteiger partial charge in [-0.05, 0) is 44.5 Å². The second-order valence-electron chi connectivity index (χ2n) is 7.49. The summed E-state index contributed by atoms with van der Waals surface area (Å²) in [5.74, 6) is -0.466. The van der Waals surface area contributed by atoms with E-state index < -0.39 is 11.2 Å². The van der Waals surface area contributed by atoms with Crippen molar-refractivity contribution >= 4 is 17.4 Å². The summed E-state index contributed by atoms with van der Waals surface area (Å²) < 4.78 is 14.4. The molecule has 0 unspecified atom stereocenters. The van der Waals surface area contributed by atoms with E-state index in [1.807, 2.05) is 54.0 Å². The van der Waals surface area contributed by atoms with Gasteiger partial charge in [-0.25, -0.2) is 4.39 Å². The zero-order valence-corrected chi connectivity index (χ0v) is 16.0. The molecule has 0 aliphatic carbocycles. The van der Waals surface area contributed by atoms with Crippen molar-refractivity contribution in [1.29, 1.82) is 0 Å². The number of Topliss-reactive ketones (excluding diaryl/α,β-unsaturated/α-hetero) is 1. The first-order valence-electron chi connectivity index (χ1n) is 9.21. The number of hydrogen-bond acceptors (Lipinski definition) is 3. The lowest BCUT2D eigenvalue weighted by molar-refractivity contribution is -0.136. The van der Waals surface area contributed by atoms with Crippen molar-refractivity contribution in [2.24, 2.45) is 0 Å². The lowest BCUT2D eigenvalue weighted by Gasteiger charge is -2.39. The maximum atomic E-state index is 14.4. The molecule has 0 bridgehead atoms. The van der Waals surface area contributed by atoms with Gasteiger partial charge in [0.25, 0.3) is 0 Å². The van der Waals surface area contributed by atoms with Crippen LogP contribution in [0.3, 0.4) is 0 Å². The minimum atomic E-state index is -0.599. The number of hydrogen-bond donors (Lipinski definition) is 0. The predicted octanol–water partition coefficient (Wildman–Crippen LogP) is 3.65. The topological polar surface area (TPSA) is 40.6 Å². The number of nitrogens with zero attached hydrogens (tertiary/aromatic N) is 2. The fourth-order valence-corrected chi connectivity index (χ4v) is 3.51. The molecule has 1 amide bonds. The van der Waals surface area contributed by atoms with Crippen molar-refractivity contribution in [1.82, 2.24) is 4.90 Å². The number of carbonyl (C=O) groups excluding carboxylic acids is 2. The zero-order chi connectivity index (χ0) is 19.6. The molecule has 4 nitrogen and oxygen atoms in total. The lowest BCUT2D eigenvalue weighted by atomic mass is 9.83. The van der Waals surface area contributed by atoms with Gasteiger partial charge in [0.1, 0.15) is 5.82 Å². The molecule has 3 rings (SSSR count). The summed E-state index contributed by atoms with van der Waals surface area (Å²) in [6.07, 6.45) is 0. The highest BCUT2D eigenvalue weighted by Crippen LogP contribution is 2.27. The van der Waals surface area contributed by atoms with Crippen molar-refractivity contribution in [2.75, 3.05) is 31.1 Å². The van der Waals surface area contributed by atoms with Crippen LogP contribution in [0.15, 0.2) is 48.5 Å². The molecule has 0 atom stereocenters. The molecule has 1 saturated heterocycles. The van der Waals surface area contributed by atoms with E-state index in [0.29, 0.717) is 37.4 Å². The van der Waals surface area contributed by atoms with Crippen LogP contribution in [0.1, 0.15) is 36.7 Å². The number of piperazine rings is 1. The van der Waals surface area contributed by atoms with Gasteiger partial charge < -0.3 is 9.80 Å². The molecule has 1 aliphatic rings. The first-order valence-corrected chi connectivity index (χ1v) is 9.21. The number of anilines is 1. The van der Waals surface area contributed by atoms with Gasteiger partial charge in [-0.2, -0.15) is 0 Å². The maximum absolute atomic E-state index is 14.4. The van der Waals surface area contributed by atoms with Crippen LogP contribution in [-0.2, 0) is 10.2 Å². The summed E-state index contributed by atoms with van der Waals surface area (Å²) in [4.78, 5) is 28.2. The second-order valence-corrected chi connectivity index (χ2v) is 7.49. The van der Waals surface area contributed by atoms with E-state index in [4.69, 9.17) is 0 Å². The third-order valence-electron chi connectivity index (χ3n) is 5.29. The largest absolute Gasteiger partial charge is 0.366 e. The van der Waals surface area contributed by atoms with Crippen molar-refractivity contribution < 1.29 is 14.0 Å². The summed E-state index contributed by atoms with van der Waals surface area (Å²) in [7, 11) is 0. The molecule has 0 aromatic heterocycles. The molecule has 5 heteroatoms. The Morgan fingerprint density at radius 3 is 2.15 bits per heavy atom. The van der Waals surface area contributed by atoms with Gasteiger partial charge in [0.05, 0.1) is 11.1 Å². The number of benzene rings is 2. The predicted molar refractivity (Wildman–Crippen MR) is 105 cm³/mol. The quantitative estimate of drug-likeness (QED) is 0.774. The van der Waals surface area contributed by atoms with E-state index in [1.54, 1.807) is 12.1 Å². The summed E-state index contributed by atoms with van der Waals surface area (Å²) >= 11 is 0. The van der Waals surface area contributed by atoms with Gasteiger partial charge in [-0.15, -0.1) is 0 Å². The summed E-state index contributed by atoms with van der Waals surface area (Å²) in [5, 5.41) is 0. The monoisotopic (exact) mass is 368 g/mol. The van der Waals surface area contributed by atoms with Gasteiger partial charge in [0.15, 0.2) is 5.78 Å². The third kappa shape index (κ3) is 3.87. The van der Waals surface area contributed by atoms with E-state index in [1.165, 1.54) is 13.0 Å². The summed E-state index contributed by atoms with van der Waals surface area (Å²) in [6, 6.07) is 14.3. The Hall–Kier alpha value is -2.69. The molecule has 1 fully saturated rings. The average molecular weight is 368 g/mol. The van der Waals surface area contributed by atoms with E-state index in [-0.39, 0.29) is 11.7 Å². The first kappa shape index (κ1) is 19.1. The van der Waals surface area contributed by atoms with Crippen molar-refractivity contribution in [3.63, 3.8) is 0 Å². The highest BCUT2D eigenvalue weighted by molar-refractivity contribution is 5.94. The van der Waals surface area contributed by atoms with Gasteiger partial charge in [-0.3, -0.25) is 9.59 Å². The fraction of sp³-hybridized carbons (Fsp3) is 0.364. The van der Waals surface area contributed by atoms with Crippen LogP contribution in [0.4, 0.5) is 10.1 Å². The van der Waals surface area contributed by atoms with E-state index in [9.17, 15) is 14.0 Å². The molecule has 0 N–H and O–H groups in total. The van der Waals surface area contributed by atoms with Crippen molar-refractivity contribution in [2.45, 2.75) is 26.2 Å². The molecular weight excluding hydrogens is 343 g/mol. The van der Waals surface area contributed by atoms with Gasteiger partial charge in [-0.1, -0.05) is 30.3 Å². The Kier molecular flexibility index (Phi) is 5.31. The molecule has 2 aromatic carbocycles. The molecule has 142 valence electrons. The number of ketones is 1. The Morgan fingerprint density at radius 1 is 0.963 bits per heavy atom. The van der Waals surface area contributed by atoms with Crippen LogP contribution in [-0.4, -0.2) is 42.8 Å². The second kappa shape index (κ2) is 7.51. The van der Waals surface area contributed by atoms with E-state index in [0.717, 1.165) is 5.56 Å². The summed E-state index contributed by atoms with van der Waals surface area (Å²) in [5.41, 5.74) is 1.24. The molecule has 0 radical (unpaired) electrons. The van der Waals surface area contributed by atoms with Crippen LogP contribution >= 0.6 is 0 Å². The van der Waals surface area contributed by atoms with Gasteiger partial charge in [0, 0.05) is 31.7 Å². The van der Waals surface area contributed by atoms with Gasteiger partial charge in [0.2, 0.25) is 5.91 Å². The SMILES string of the molecule is CC(=O)c1ccc(N2CCN(C(=O)C(C)(C)c3ccccc3)CC2)c(F)c1. The zero-order valence-electron chi connectivity index (χ0n) is 16.0. The maximum Gasteiger partial charge on any atom is 0.232 e. The minimum Gasteiger partial charge on any atom is -0.366 e. The van der Waals surface area contributed by atoms with E-state index >= 15 is 0 Å². The standard InChI is InChI=1S/C22H25FN2O2/c1-16(26)17-9-10-20(19(23)15-17)24-11-13-25(14-12-24)21(27)22(2,3)18-7-5-4-6-8-18/h4-10,15H,11-14H2,1-3H3. The Morgan fingerprint density at radius 2 is 1.59 bits per heavy atom. The number of rotatable bonds is 4. The Labute approximate surface area is 159 Å². The Balaban J connectivity index is 1.68. The average Bonchev–Trinajstić information content (AvgIpc) is 2.68. The number of carbonyl (C=O) groups is 2. The Bertz CT molecular complexity index is 841. The third-order valence-corrected chi connectivity index (χ3v) is 5.29. The van der Waals surface area contributed by atoms with Crippen LogP contribution in [0, 0.1) is 5.82 Å². The molecule has 1 aliphatic heterocycles. The molecule has 0 saturated carbocycles. The molecule has 27 heavy (non-hydrogen) atoms. The van der Waals surface area contributed by atoms with Gasteiger partial charge >= 0.3 is 0 Å².